The quantitative estimate of drug-likeness (QED) is 0.319. The van der Waals surface area contributed by atoms with Gasteiger partial charge in [0.05, 0.1) is 7.11 Å². The zero-order valence-electron chi connectivity index (χ0n) is 5.72. The minimum Gasteiger partial charge on any atom is -0.523 e. The van der Waals surface area contributed by atoms with Crippen LogP contribution in [0.15, 0.2) is 24.3 Å². The fourth-order valence-corrected chi connectivity index (χ4v) is 0.504. The molecule has 0 amide bonds. The van der Waals surface area contributed by atoms with Gasteiger partial charge in [-0.1, -0.05) is 0 Å². The van der Waals surface area contributed by atoms with Gasteiger partial charge in [0.15, 0.2) is 0 Å². The van der Waals surface area contributed by atoms with Crippen LogP contribution in [0.4, 0.5) is 0 Å². The largest absolute Gasteiger partial charge is 1.00 e. The summed E-state index contributed by atoms with van der Waals surface area (Å²) in [5, 5.41) is 0. The maximum Gasteiger partial charge on any atom is 1.00 e. The second-order valence-electron chi connectivity index (χ2n) is 1.43. The van der Waals surface area contributed by atoms with Crippen molar-refractivity contribution in [2.45, 2.75) is 0 Å². The molecule has 0 fully saturated rings. The average Bonchev–Trinajstić information content (AvgIpc) is 1.90. The van der Waals surface area contributed by atoms with E-state index in [1.807, 2.05) is 24.3 Å². The summed E-state index contributed by atoms with van der Waals surface area (Å²) in [7, 11) is 1.63. The van der Waals surface area contributed by atoms with Crippen LogP contribution in [0.5, 0.6) is 5.75 Å². The summed E-state index contributed by atoms with van der Waals surface area (Å²) in [6.45, 7) is 0. The number of rotatable bonds is 1. The third-order valence-corrected chi connectivity index (χ3v) is 0.900. The number of ether oxygens (including phenoxy) is 1. The Labute approximate surface area is 67.2 Å². The van der Waals surface area contributed by atoms with Gasteiger partial charge >= 0.3 is 18.9 Å². The van der Waals surface area contributed by atoms with Gasteiger partial charge in [0, 0.05) is 5.75 Å². The number of para-hydroxylation sites is 1. The summed E-state index contributed by atoms with van der Waals surface area (Å²) in [4.78, 5) is 0. The molecular formula is C7H7LiO. The minimum atomic E-state index is 0. The van der Waals surface area contributed by atoms with Gasteiger partial charge in [-0.25, -0.2) is 0 Å². The van der Waals surface area contributed by atoms with Crippen molar-refractivity contribution < 1.29 is 23.6 Å². The first kappa shape index (κ1) is 8.62. The predicted molar refractivity (Wildman–Crippen MR) is 31.8 cm³/mol. The van der Waals surface area contributed by atoms with E-state index in [-0.39, 0.29) is 18.9 Å². The molecule has 0 radical (unpaired) electrons. The molecule has 0 aliphatic heterocycles. The van der Waals surface area contributed by atoms with Gasteiger partial charge in [-0.05, 0) is 0 Å². The zero-order valence-corrected chi connectivity index (χ0v) is 5.72. The molecule has 0 saturated carbocycles. The maximum absolute atomic E-state index is 4.86. The van der Waals surface area contributed by atoms with Crippen LogP contribution < -0.4 is 23.6 Å². The van der Waals surface area contributed by atoms with Crippen LogP contribution in [0.1, 0.15) is 0 Å². The standard InChI is InChI=1S/C7H7O.Li/c1-8-7-5-3-2-4-6-7;/h2-5H,1H3;/q-1;+1. The first-order valence-electron chi connectivity index (χ1n) is 2.44. The first-order valence-corrected chi connectivity index (χ1v) is 2.44. The Hall–Kier alpha value is -0.383. The smallest absolute Gasteiger partial charge is 0.523 e. The fourth-order valence-electron chi connectivity index (χ4n) is 0.504. The second-order valence-corrected chi connectivity index (χ2v) is 1.43. The fraction of sp³-hybridized carbons (Fsp3) is 0.143. The van der Waals surface area contributed by atoms with E-state index in [2.05, 4.69) is 6.07 Å². The number of methoxy groups -OCH3 is 1. The zero-order chi connectivity index (χ0) is 5.82. The predicted octanol–water partition coefficient (Wildman–Crippen LogP) is -1.50. The Bertz CT molecular complexity index is 150. The van der Waals surface area contributed by atoms with Crippen LogP contribution >= 0.6 is 0 Å². The van der Waals surface area contributed by atoms with Crippen molar-refractivity contribution in [3.05, 3.63) is 30.3 Å². The van der Waals surface area contributed by atoms with E-state index in [4.69, 9.17) is 4.74 Å². The molecule has 0 atom stereocenters. The molecule has 0 bridgehead atoms. The van der Waals surface area contributed by atoms with Gasteiger partial charge in [0.1, 0.15) is 0 Å². The molecular weight excluding hydrogens is 107 g/mol. The van der Waals surface area contributed by atoms with Crippen molar-refractivity contribution in [2.24, 2.45) is 0 Å². The van der Waals surface area contributed by atoms with E-state index in [0.29, 0.717) is 0 Å². The van der Waals surface area contributed by atoms with E-state index >= 15 is 0 Å². The second kappa shape index (κ2) is 4.49. The van der Waals surface area contributed by atoms with Crippen molar-refractivity contribution in [1.82, 2.24) is 0 Å². The Morgan fingerprint density at radius 2 is 2.22 bits per heavy atom. The number of benzene rings is 1. The molecule has 0 aromatic heterocycles. The first-order chi connectivity index (χ1) is 3.93. The van der Waals surface area contributed by atoms with Crippen LogP contribution in [-0.4, -0.2) is 7.11 Å². The van der Waals surface area contributed by atoms with Crippen LogP contribution in [0.2, 0.25) is 0 Å². The van der Waals surface area contributed by atoms with Gasteiger partial charge in [-0.2, -0.15) is 18.2 Å². The van der Waals surface area contributed by atoms with E-state index in [1.165, 1.54) is 0 Å². The number of hydrogen-bond acceptors (Lipinski definition) is 1. The topological polar surface area (TPSA) is 9.23 Å². The molecule has 1 aromatic rings. The van der Waals surface area contributed by atoms with Crippen LogP contribution in [-0.2, 0) is 0 Å². The molecule has 1 aromatic carbocycles. The van der Waals surface area contributed by atoms with Gasteiger partial charge in [0.2, 0.25) is 0 Å². The van der Waals surface area contributed by atoms with Crippen molar-refractivity contribution in [2.75, 3.05) is 7.11 Å². The van der Waals surface area contributed by atoms with Crippen molar-refractivity contribution in [1.29, 1.82) is 0 Å². The molecule has 0 N–H and O–H groups in total. The molecule has 0 heterocycles. The Balaban J connectivity index is 0.000000640. The van der Waals surface area contributed by atoms with E-state index in [0.717, 1.165) is 5.75 Å². The third kappa shape index (κ3) is 2.60. The normalized spacial score (nSPS) is 7.67. The van der Waals surface area contributed by atoms with Gasteiger partial charge in [-0.15, -0.1) is 12.1 Å². The van der Waals surface area contributed by atoms with Crippen molar-refractivity contribution in [3.8, 4) is 5.75 Å². The van der Waals surface area contributed by atoms with E-state index in [1.54, 1.807) is 7.11 Å². The Kier molecular flexibility index (Phi) is 4.30. The third-order valence-electron chi connectivity index (χ3n) is 0.900. The minimum absolute atomic E-state index is 0. The van der Waals surface area contributed by atoms with Crippen LogP contribution in [0, 0.1) is 6.07 Å². The molecule has 0 aliphatic carbocycles. The molecule has 0 spiro atoms. The summed E-state index contributed by atoms with van der Waals surface area (Å²) < 4.78 is 4.86. The molecule has 1 nitrogen and oxygen atoms in total. The molecule has 0 aliphatic rings. The molecule has 0 saturated heterocycles. The summed E-state index contributed by atoms with van der Waals surface area (Å²) in [6.07, 6.45) is 0. The molecule has 42 valence electrons. The SMILES string of the molecule is COc1[c-]cccc1.[Li+]. The van der Waals surface area contributed by atoms with Gasteiger partial charge in [0.25, 0.3) is 0 Å². The Morgan fingerprint density at radius 3 is 2.56 bits per heavy atom. The van der Waals surface area contributed by atoms with Gasteiger partial charge < -0.3 is 4.74 Å². The van der Waals surface area contributed by atoms with Crippen molar-refractivity contribution in [3.63, 3.8) is 0 Å². The summed E-state index contributed by atoms with van der Waals surface area (Å²) in [6, 6.07) is 10.4. The van der Waals surface area contributed by atoms with Crippen LogP contribution in [0.3, 0.4) is 0 Å². The maximum atomic E-state index is 4.86. The molecule has 2 heteroatoms. The van der Waals surface area contributed by atoms with E-state index in [9.17, 15) is 0 Å². The average molecular weight is 114 g/mol. The summed E-state index contributed by atoms with van der Waals surface area (Å²) in [5.41, 5.74) is 0. The van der Waals surface area contributed by atoms with E-state index < -0.39 is 0 Å². The summed E-state index contributed by atoms with van der Waals surface area (Å²) >= 11 is 0. The molecule has 9 heavy (non-hydrogen) atoms. The molecule has 1 rings (SSSR count). The van der Waals surface area contributed by atoms with Crippen LogP contribution in [0.25, 0.3) is 0 Å². The number of hydrogen-bond donors (Lipinski definition) is 0. The van der Waals surface area contributed by atoms with Crippen molar-refractivity contribution >= 4 is 0 Å². The monoisotopic (exact) mass is 114 g/mol. The Morgan fingerprint density at radius 1 is 1.44 bits per heavy atom. The summed E-state index contributed by atoms with van der Waals surface area (Å²) in [5.74, 6) is 0.785. The van der Waals surface area contributed by atoms with Gasteiger partial charge in [-0.3, -0.25) is 0 Å². The molecule has 0 unspecified atom stereocenters.